The molecule has 57 heavy (non-hydrogen) atoms. The van der Waals surface area contributed by atoms with E-state index in [1.807, 2.05) is 6.07 Å². The van der Waals surface area contributed by atoms with Gasteiger partial charge in [0.1, 0.15) is 5.52 Å². The van der Waals surface area contributed by atoms with Crippen molar-refractivity contribution < 1.29 is 4.74 Å². The van der Waals surface area contributed by atoms with Crippen molar-refractivity contribution in [1.29, 1.82) is 0 Å². The van der Waals surface area contributed by atoms with Crippen molar-refractivity contribution in [3.63, 3.8) is 0 Å². The van der Waals surface area contributed by atoms with Crippen LogP contribution in [-0.4, -0.2) is 24.8 Å². The Bertz CT molecular complexity index is 2990. The summed E-state index contributed by atoms with van der Waals surface area (Å²) < 4.78 is 7.34. The maximum atomic E-state index is 7.34. The van der Waals surface area contributed by atoms with E-state index in [4.69, 9.17) is 14.7 Å². The molecule has 0 bridgehead atoms. The molecule has 0 atom stereocenters. The van der Waals surface area contributed by atoms with Crippen LogP contribution in [0, 0.1) is 0 Å². The van der Waals surface area contributed by atoms with E-state index in [9.17, 15) is 0 Å². The van der Waals surface area contributed by atoms with Gasteiger partial charge in [-0.3, -0.25) is 9.97 Å². The number of hydrogen-bond donors (Lipinski definition) is 0. The molecule has 3 aliphatic rings. The highest BCUT2D eigenvalue weighted by Crippen LogP contribution is 2.56. The van der Waals surface area contributed by atoms with Crippen molar-refractivity contribution in [2.45, 2.75) is 0 Å². The van der Waals surface area contributed by atoms with Gasteiger partial charge in [-0.25, -0.2) is 0 Å². The Kier molecular flexibility index (Phi) is 6.97. The molecule has 1 aromatic heterocycles. The zero-order chi connectivity index (χ0) is 37.5. The highest BCUT2D eigenvalue weighted by Gasteiger charge is 2.54. The molecule has 0 saturated heterocycles. The quantitative estimate of drug-likeness (QED) is 0.179. The molecule has 0 aliphatic carbocycles. The van der Waals surface area contributed by atoms with E-state index >= 15 is 0 Å². The number of nitrogens with zero attached hydrogens (tertiary/aromatic N) is 4. The number of benzene rings is 8. The van der Waals surface area contributed by atoms with Crippen molar-refractivity contribution in [3.05, 3.63) is 200 Å². The molecule has 12 rings (SSSR count). The van der Waals surface area contributed by atoms with E-state index in [1.54, 1.807) is 12.4 Å². The van der Waals surface area contributed by atoms with Crippen molar-refractivity contribution in [1.82, 2.24) is 9.97 Å². The van der Waals surface area contributed by atoms with Crippen molar-refractivity contribution >= 4 is 97.1 Å². The summed E-state index contributed by atoms with van der Waals surface area (Å²) >= 11 is 0. The van der Waals surface area contributed by atoms with Gasteiger partial charge in [0.25, 0.3) is 0 Å². The topological polar surface area (TPSA) is 41.5 Å². The molecule has 0 fully saturated rings. The molecule has 0 saturated carbocycles. The lowest BCUT2D eigenvalue weighted by Crippen LogP contribution is -2.87. The standard InChI is InChI=1S/C50H33BN4OSi/c1-4-17-34(18-5-1)54-40-26-12-10-23-37(40)51-38-24-11-15-30-45(38)57(35-19-6-2-7-20-35,36-21-8-3-9-22-36)46-33-43-50(49(54)47(46)51)56-44-29-14-13-27-41(44)55(43)42-28-16-25-39-48(42)53-32-31-52-39/h1-33H. The molecule has 9 aromatic rings. The zero-order valence-electron chi connectivity index (χ0n) is 30.8. The molecule has 7 heteroatoms. The van der Waals surface area contributed by atoms with Gasteiger partial charge in [-0.15, -0.1) is 0 Å². The lowest BCUT2D eigenvalue weighted by Gasteiger charge is -2.49. The Morgan fingerprint density at radius 3 is 1.86 bits per heavy atom. The van der Waals surface area contributed by atoms with Gasteiger partial charge in [-0.05, 0) is 80.2 Å². The van der Waals surface area contributed by atoms with Gasteiger partial charge in [0.2, 0.25) is 6.71 Å². The summed E-state index contributed by atoms with van der Waals surface area (Å²) in [6, 6.07) is 68.7. The van der Waals surface area contributed by atoms with E-state index in [0.717, 1.165) is 56.7 Å². The highest BCUT2D eigenvalue weighted by molar-refractivity contribution is 7.26. The van der Waals surface area contributed by atoms with Crippen LogP contribution in [-0.2, 0) is 0 Å². The zero-order valence-corrected chi connectivity index (χ0v) is 31.8. The van der Waals surface area contributed by atoms with Crippen LogP contribution in [0.3, 0.4) is 0 Å². The fraction of sp³-hybridized carbons (Fsp3) is 0. The minimum Gasteiger partial charge on any atom is -0.451 e. The Morgan fingerprint density at radius 1 is 0.474 bits per heavy atom. The van der Waals surface area contributed by atoms with Crippen LogP contribution in [0.15, 0.2) is 200 Å². The molecule has 8 aromatic carbocycles. The first-order chi connectivity index (χ1) is 28.3. The van der Waals surface area contributed by atoms with Crippen LogP contribution >= 0.6 is 0 Å². The summed E-state index contributed by atoms with van der Waals surface area (Å²) in [5.41, 5.74) is 11.8. The second-order valence-electron chi connectivity index (χ2n) is 14.9. The van der Waals surface area contributed by atoms with E-state index in [0.29, 0.717) is 0 Å². The third-order valence-electron chi connectivity index (χ3n) is 12.1. The van der Waals surface area contributed by atoms with Gasteiger partial charge in [0.05, 0.1) is 28.3 Å². The van der Waals surface area contributed by atoms with Gasteiger partial charge in [0, 0.05) is 23.8 Å². The summed E-state index contributed by atoms with van der Waals surface area (Å²) in [6.45, 7) is -0.0293. The number of anilines is 6. The minimum absolute atomic E-state index is 0.0293. The monoisotopic (exact) mass is 744 g/mol. The van der Waals surface area contributed by atoms with Gasteiger partial charge in [-0.2, -0.15) is 0 Å². The SMILES string of the molecule is c1ccc(N2c3ccccc3B3c4ccccc4[Si](c4ccccc4)(c4ccccc4)c4cc5c(c2c43)Oc2ccccc2N5c2cccc3nccnc23)cc1. The first kappa shape index (κ1) is 32.1. The Labute approximate surface area is 332 Å². The summed E-state index contributed by atoms with van der Waals surface area (Å²) in [7, 11) is -3.06. The predicted octanol–water partition coefficient (Wildman–Crippen LogP) is 7.20. The van der Waals surface area contributed by atoms with Gasteiger partial charge >= 0.3 is 0 Å². The van der Waals surface area contributed by atoms with E-state index < -0.39 is 8.07 Å². The number of para-hydroxylation sites is 5. The number of fused-ring (bicyclic) bond motifs is 8. The molecule has 0 radical (unpaired) electrons. The third kappa shape index (κ3) is 4.46. The fourth-order valence-electron chi connectivity index (χ4n) is 9.91. The summed E-state index contributed by atoms with van der Waals surface area (Å²) in [4.78, 5) is 14.5. The van der Waals surface area contributed by atoms with E-state index in [2.05, 4.69) is 192 Å². The first-order valence-corrected chi connectivity index (χ1v) is 21.4. The van der Waals surface area contributed by atoms with Crippen molar-refractivity contribution in [2.75, 3.05) is 9.80 Å². The summed E-state index contributed by atoms with van der Waals surface area (Å²) in [6.07, 6.45) is 3.55. The molecule has 0 amide bonds. The Balaban J connectivity index is 1.31. The molecular weight excluding hydrogens is 711 g/mol. The van der Waals surface area contributed by atoms with Crippen LogP contribution in [0.4, 0.5) is 34.1 Å². The lowest BCUT2D eigenvalue weighted by molar-refractivity contribution is 0.478. The fourth-order valence-corrected chi connectivity index (χ4v) is 15.2. The van der Waals surface area contributed by atoms with Crippen LogP contribution in [0.5, 0.6) is 11.5 Å². The summed E-state index contributed by atoms with van der Waals surface area (Å²) in [5, 5.41) is 5.45. The normalized spacial score (nSPS) is 14.1. The van der Waals surface area contributed by atoms with E-state index in [-0.39, 0.29) is 6.71 Å². The van der Waals surface area contributed by atoms with Gasteiger partial charge in [0.15, 0.2) is 19.6 Å². The smallest absolute Gasteiger partial charge is 0.246 e. The van der Waals surface area contributed by atoms with E-state index in [1.165, 1.54) is 37.1 Å². The highest BCUT2D eigenvalue weighted by atomic mass is 28.3. The van der Waals surface area contributed by atoms with Gasteiger partial charge < -0.3 is 14.5 Å². The van der Waals surface area contributed by atoms with Crippen molar-refractivity contribution in [3.8, 4) is 11.5 Å². The average molecular weight is 745 g/mol. The number of ether oxygens (including phenoxy) is 1. The number of aromatic nitrogens is 2. The van der Waals surface area contributed by atoms with Crippen LogP contribution in [0.2, 0.25) is 0 Å². The van der Waals surface area contributed by atoms with Gasteiger partial charge in [-0.1, -0.05) is 145 Å². The second kappa shape index (κ2) is 12.4. The molecule has 0 unspecified atom stereocenters. The Morgan fingerprint density at radius 2 is 1.09 bits per heavy atom. The molecule has 0 spiro atoms. The van der Waals surface area contributed by atoms with Crippen LogP contribution in [0.25, 0.3) is 11.0 Å². The predicted molar refractivity (Wildman–Crippen MR) is 237 cm³/mol. The van der Waals surface area contributed by atoms with Crippen LogP contribution in [0.1, 0.15) is 0 Å². The second-order valence-corrected chi connectivity index (χ2v) is 18.6. The molecule has 4 heterocycles. The average Bonchev–Trinajstić information content (AvgIpc) is 3.29. The first-order valence-electron chi connectivity index (χ1n) is 19.4. The Hall–Kier alpha value is -7.22. The molecule has 266 valence electrons. The third-order valence-corrected chi connectivity index (χ3v) is 16.9. The van der Waals surface area contributed by atoms with Crippen LogP contribution < -0.4 is 51.7 Å². The minimum atomic E-state index is -3.06. The van der Waals surface area contributed by atoms with Crippen molar-refractivity contribution in [2.24, 2.45) is 0 Å². The lowest BCUT2D eigenvalue weighted by atomic mass is 9.34. The molecule has 0 N–H and O–H groups in total. The largest absolute Gasteiger partial charge is 0.451 e. The molecule has 3 aliphatic heterocycles. The maximum Gasteiger partial charge on any atom is 0.246 e. The number of rotatable bonds is 4. The maximum absolute atomic E-state index is 7.34. The molecular formula is C50H33BN4OSi. The number of hydrogen-bond acceptors (Lipinski definition) is 5. The summed E-state index contributed by atoms with van der Waals surface area (Å²) in [5.74, 6) is 1.61. The molecule has 5 nitrogen and oxygen atoms in total.